The number of pyridine rings is 1. The van der Waals surface area contributed by atoms with Crippen LogP contribution in [-0.2, 0) is 13.1 Å². The largest absolute Gasteiger partial charge is 0.348 e. The van der Waals surface area contributed by atoms with Crippen LogP contribution >= 0.6 is 11.6 Å². The minimum atomic E-state index is -0.403. The average Bonchev–Trinajstić information content (AvgIpc) is 2.69. The van der Waals surface area contributed by atoms with Crippen LogP contribution in [0.25, 0.3) is 10.9 Å². The van der Waals surface area contributed by atoms with E-state index < -0.39 is 5.91 Å². The number of nitrogens with one attached hydrogen (secondary N) is 2. The van der Waals surface area contributed by atoms with Crippen LogP contribution in [0.1, 0.15) is 15.9 Å². The fourth-order valence-electron chi connectivity index (χ4n) is 3.21. The molecule has 0 atom stereocenters. The average molecular weight is 381 g/mol. The number of nitrogens with zero attached hydrogens (tertiary/aromatic N) is 2. The lowest BCUT2D eigenvalue weighted by atomic mass is 10.1. The third-order valence-electron chi connectivity index (χ3n) is 4.58. The Labute approximate surface area is 160 Å². The molecule has 0 radical (unpaired) electrons. The van der Waals surface area contributed by atoms with Gasteiger partial charge in [-0.15, -0.1) is 0 Å². The number of aromatic nitrogens is 1. The van der Waals surface area contributed by atoms with Gasteiger partial charge in [-0.05, 0) is 29.8 Å². The van der Waals surface area contributed by atoms with Crippen LogP contribution in [0.4, 0.5) is 5.69 Å². The summed E-state index contributed by atoms with van der Waals surface area (Å²) in [6, 6.07) is 12.6. The first-order valence-electron chi connectivity index (χ1n) is 8.48. The van der Waals surface area contributed by atoms with E-state index in [9.17, 15) is 9.59 Å². The molecule has 27 heavy (non-hydrogen) atoms. The number of aliphatic imine (C=N–C) groups is 1. The number of para-hydroxylation sites is 1. The molecule has 0 aliphatic carbocycles. The molecular formula is C20H17ClN4O2. The highest BCUT2D eigenvalue weighted by atomic mass is 35.5. The smallest absolute Gasteiger partial charge is 0.257 e. The molecular weight excluding hydrogens is 364 g/mol. The van der Waals surface area contributed by atoms with Gasteiger partial charge in [0.2, 0.25) is 5.43 Å². The van der Waals surface area contributed by atoms with E-state index in [-0.39, 0.29) is 11.0 Å². The van der Waals surface area contributed by atoms with E-state index in [4.69, 9.17) is 11.6 Å². The van der Waals surface area contributed by atoms with Crippen molar-refractivity contribution in [2.75, 3.05) is 12.4 Å². The summed E-state index contributed by atoms with van der Waals surface area (Å²) in [5.41, 5.74) is 2.33. The van der Waals surface area contributed by atoms with Gasteiger partial charge in [-0.1, -0.05) is 29.8 Å². The van der Waals surface area contributed by atoms with Crippen molar-refractivity contribution in [3.8, 4) is 0 Å². The van der Waals surface area contributed by atoms with Crippen molar-refractivity contribution < 1.29 is 4.79 Å². The van der Waals surface area contributed by atoms with Crippen molar-refractivity contribution in [1.82, 2.24) is 9.88 Å². The molecule has 1 aliphatic rings. The molecule has 0 unspecified atom stereocenters. The minimum absolute atomic E-state index is 0.117. The van der Waals surface area contributed by atoms with Crippen LogP contribution < -0.4 is 16.1 Å². The van der Waals surface area contributed by atoms with Crippen molar-refractivity contribution in [1.29, 1.82) is 0 Å². The molecule has 3 aromatic rings. The molecule has 7 heteroatoms. The minimum Gasteiger partial charge on any atom is -0.348 e. The first-order chi connectivity index (χ1) is 13.1. The summed E-state index contributed by atoms with van der Waals surface area (Å²) in [6.45, 7) is 0.790. The summed E-state index contributed by atoms with van der Waals surface area (Å²) in [4.78, 5) is 29.8. The normalized spacial score (nSPS) is 14.2. The van der Waals surface area contributed by atoms with E-state index >= 15 is 0 Å². The van der Waals surface area contributed by atoms with Gasteiger partial charge in [-0.3, -0.25) is 14.6 Å². The molecule has 1 amide bonds. The van der Waals surface area contributed by atoms with Crippen LogP contribution in [0.2, 0.25) is 5.02 Å². The zero-order valence-corrected chi connectivity index (χ0v) is 15.4. The Hall–Kier alpha value is -3.12. The van der Waals surface area contributed by atoms with Crippen LogP contribution in [-0.4, -0.2) is 23.4 Å². The van der Waals surface area contributed by atoms with Crippen LogP contribution in [0.3, 0.4) is 0 Å². The zero-order chi connectivity index (χ0) is 19.0. The number of hydrogen-bond donors (Lipinski definition) is 2. The second-order valence-electron chi connectivity index (χ2n) is 6.31. The zero-order valence-electron chi connectivity index (χ0n) is 14.6. The van der Waals surface area contributed by atoms with Gasteiger partial charge in [0.15, 0.2) is 0 Å². The molecule has 0 saturated heterocycles. The highest BCUT2D eigenvalue weighted by molar-refractivity contribution is 6.30. The SMILES string of the molecule is CN=C1Cn2cc(C(=O)NCc3ccc(Cl)cc3)c(=O)c3cccc(c32)N1. The van der Waals surface area contributed by atoms with Crippen LogP contribution in [0.5, 0.6) is 0 Å². The van der Waals surface area contributed by atoms with Gasteiger partial charge in [-0.2, -0.15) is 0 Å². The van der Waals surface area contributed by atoms with Crippen molar-refractivity contribution >= 4 is 39.9 Å². The summed E-state index contributed by atoms with van der Waals surface area (Å²) in [7, 11) is 1.70. The molecule has 2 aromatic carbocycles. The molecule has 1 aliphatic heterocycles. The lowest BCUT2D eigenvalue weighted by Gasteiger charge is -2.23. The maximum absolute atomic E-state index is 12.9. The number of carbonyl (C=O) groups excluding carboxylic acids is 1. The fraction of sp³-hybridized carbons (Fsp3) is 0.150. The van der Waals surface area contributed by atoms with Crippen LogP contribution in [0, 0.1) is 0 Å². The second-order valence-corrected chi connectivity index (χ2v) is 6.74. The molecule has 0 spiro atoms. The van der Waals surface area contributed by atoms with E-state index in [1.807, 2.05) is 22.8 Å². The molecule has 6 nitrogen and oxygen atoms in total. The van der Waals surface area contributed by atoms with E-state index in [0.29, 0.717) is 23.5 Å². The number of rotatable bonds is 3. The van der Waals surface area contributed by atoms with Gasteiger partial charge in [0.05, 0.1) is 17.7 Å². The van der Waals surface area contributed by atoms with Crippen molar-refractivity contribution in [2.45, 2.75) is 13.1 Å². The second kappa shape index (κ2) is 6.89. The van der Waals surface area contributed by atoms with Crippen LogP contribution in [0.15, 0.2) is 58.4 Å². The maximum Gasteiger partial charge on any atom is 0.257 e. The molecule has 0 fully saturated rings. The van der Waals surface area contributed by atoms with E-state index in [0.717, 1.165) is 22.6 Å². The Bertz CT molecular complexity index is 1130. The van der Waals surface area contributed by atoms with Crippen molar-refractivity contribution in [3.63, 3.8) is 0 Å². The van der Waals surface area contributed by atoms with E-state index in [1.165, 1.54) is 0 Å². The molecule has 136 valence electrons. The summed E-state index contributed by atoms with van der Waals surface area (Å²) < 4.78 is 1.89. The number of amides is 1. The first-order valence-corrected chi connectivity index (χ1v) is 8.86. The number of amidine groups is 1. The number of carbonyl (C=O) groups is 1. The fourth-order valence-corrected chi connectivity index (χ4v) is 3.34. The monoisotopic (exact) mass is 380 g/mol. The Morgan fingerprint density at radius 3 is 2.78 bits per heavy atom. The van der Waals surface area contributed by atoms with Crippen molar-refractivity contribution in [2.24, 2.45) is 4.99 Å². The predicted molar refractivity (Wildman–Crippen MR) is 108 cm³/mol. The molecule has 1 aromatic heterocycles. The van der Waals surface area contributed by atoms with Gasteiger partial charge in [0, 0.05) is 30.2 Å². The van der Waals surface area contributed by atoms with Gasteiger partial charge in [0.25, 0.3) is 5.91 Å². The Kier molecular flexibility index (Phi) is 4.41. The standard InChI is InChI=1S/C20H17ClN4O2/c1-22-17-11-25-10-15(19(26)14-3-2-4-16(24-17)18(14)25)20(27)23-9-12-5-7-13(21)8-6-12/h2-8,10H,9,11H2,1H3,(H,22,24)(H,23,27). The number of hydrogen-bond acceptors (Lipinski definition) is 3. The number of halogens is 1. The summed E-state index contributed by atoms with van der Waals surface area (Å²) >= 11 is 5.88. The Balaban J connectivity index is 1.70. The van der Waals surface area contributed by atoms with Gasteiger partial charge in [-0.25, -0.2) is 0 Å². The summed E-state index contributed by atoms with van der Waals surface area (Å²) in [6.07, 6.45) is 1.61. The molecule has 0 saturated carbocycles. The summed E-state index contributed by atoms with van der Waals surface area (Å²) in [5, 5.41) is 7.17. The lowest BCUT2D eigenvalue weighted by molar-refractivity contribution is 0.0949. The third kappa shape index (κ3) is 3.19. The van der Waals surface area contributed by atoms with Crippen molar-refractivity contribution in [3.05, 3.63) is 75.0 Å². The summed E-state index contributed by atoms with van der Waals surface area (Å²) in [5.74, 6) is 0.366. The Morgan fingerprint density at radius 2 is 2.04 bits per heavy atom. The maximum atomic E-state index is 12.9. The van der Waals surface area contributed by atoms with Gasteiger partial charge in [0.1, 0.15) is 11.4 Å². The highest BCUT2D eigenvalue weighted by Gasteiger charge is 2.21. The van der Waals surface area contributed by atoms with E-state index in [1.54, 1.807) is 37.5 Å². The molecule has 2 heterocycles. The quantitative estimate of drug-likeness (QED) is 0.733. The molecule has 0 bridgehead atoms. The third-order valence-corrected chi connectivity index (χ3v) is 4.83. The Morgan fingerprint density at radius 1 is 1.26 bits per heavy atom. The molecule has 4 rings (SSSR count). The lowest BCUT2D eigenvalue weighted by Crippen LogP contribution is -2.32. The van der Waals surface area contributed by atoms with Gasteiger partial charge >= 0.3 is 0 Å². The molecule has 2 N–H and O–H groups in total. The highest BCUT2D eigenvalue weighted by Crippen LogP contribution is 2.25. The predicted octanol–water partition coefficient (Wildman–Crippen LogP) is 3.04. The van der Waals surface area contributed by atoms with Gasteiger partial charge < -0.3 is 15.2 Å². The topological polar surface area (TPSA) is 75.5 Å². The van der Waals surface area contributed by atoms with E-state index in [2.05, 4.69) is 15.6 Å². The number of anilines is 1. The number of benzene rings is 2. The first kappa shape index (κ1) is 17.3.